The van der Waals surface area contributed by atoms with E-state index in [9.17, 15) is 4.79 Å². The Morgan fingerprint density at radius 3 is 2.95 bits per heavy atom. The van der Waals surface area contributed by atoms with E-state index in [1.807, 2.05) is 12.1 Å². The highest BCUT2D eigenvalue weighted by Gasteiger charge is 2.10. The Morgan fingerprint density at radius 1 is 1.53 bits per heavy atom. The molecule has 1 aromatic heterocycles. The van der Waals surface area contributed by atoms with E-state index in [2.05, 4.69) is 44.4 Å². The van der Waals surface area contributed by atoms with Crippen LogP contribution in [0.5, 0.6) is 0 Å². The largest absolute Gasteiger partial charge is 0.343 e. The van der Waals surface area contributed by atoms with Gasteiger partial charge in [-0.15, -0.1) is 5.10 Å². The maximum absolute atomic E-state index is 11.4. The quantitative estimate of drug-likeness (QED) is 0.873. The number of hydrogen-bond donors (Lipinski definition) is 2. The van der Waals surface area contributed by atoms with Crippen LogP contribution in [0.3, 0.4) is 0 Å². The molecule has 0 aliphatic carbocycles. The summed E-state index contributed by atoms with van der Waals surface area (Å²) in [7, 11) is 1.70. The smallest absolute Gasteiger partial charge is 0.313 e. The zero-order valence-corrected chi connectivity index (χ0v) is 13.1. The van der Waals surface area contributed by atoms with Crippen LogP contribution >= 0.6 is 27.7 Å². The molecule has 0 saturated carbocycles. The second kappa shape index (κ2) is 6.40. The second-order valence-corrected chi connectivity index (χ2v) is 5.93. The number of benzene rings is 1. The first-order valence-electron chi connectivity index (χ1n) is 5.90. The SMILES string of the molecule is CCNCc1ccc(Br)cc1Sc1n[nH]c(=O)n1C. The molecule has 0 amide bonds. The molecular weight excluding hydrogens is 328 g/mol. The Bertz CT molecular complexity index is 622. The van der Waals surface area contributed by atoms with Crippen LogP contribution in [-0.2, 0) is 13.6 Å². The summed E-state index contributed by atoms with van der Waals surface area (Å²) in [6.07, 6.45) is 0. The third-order valence-corrected chi connectivity index (χ3v) is 4.28. The summed E-state index contributed by atoms with van der Waals surface area (Å²) in [5.74, 6) is 0. The van der Waals surface area contributed by atoms with Crippen molar-refractivity contribution in [2.45, 2.75) is 23.5 Å². The van der Waals surface area contributed by atoms with Crippen molar-refractivity contribution in [2.24, 2.45) is 7.05 Å². The normalized spacial score (nSPS) is 10.9. The van der Waals surface area contributed by atoms with Crippen LogP contribution < -0.4 is 11.0 Å². The van der Waals surface area contributed by atoms with Crippen molar-refractivity contribution in [3.8, 4) is 0 Å². The Kier molecular flexibility index (Phi) is 4.84. The third kappa shape index (κ3) is 3.49. The number of aromatic nitrogens is 3. The van der Waals surface area contributed by atoms with Gasteiger partial charge in [-0.05, 0) is 36.0 Å². The van der Waals surface area contributed by atoms with Crippen LogP contribution in [0, 0.1) is 0 Å². The van der Waals surface area contributed by atoms with E-state index in [1.165, 1.54) is 21.9 Å². The molecule has 2 rings (SSSR count). The predicted molar refractivity (Wildman–Crippen MR) is 79.5 cm³/mol. The van der Waals surface area contributed by atoms with Crippen molar-refractivity contribution < 1.29 is 0 Å². The number of H-pyrrole nitrogens is 1. The molecule has 0 radical (unpaired) electrons. The first-order valence-corrected chi connectivity index (χ1v) is 7.51. The Labute approximate surface area is 123 Å². The molecule has 0 bridgehead atoms. The molecule has 2 aromatic rings. The van der Waals surface area contributed by atoms with Gasteiger partial charge in [-0.25, -0.2) is 9.89 Å². The minimum absolute atomic E-state index is 0.203. The topological polar surface area (TPSA) is 62.7 Å². The van der Waals surface area contributed by atoms with Gasteiger partial charge in [0.2, 0.25) is 0 Å². The van der Waals surface area contributed by atoms with E-state index in [-0.39, 0.29) is 5.69 Å². The molecule has 0 spiro atoms. The number of nitrogens with zero attached hydrogens (tertiary/aromatic N) is 2. The lowest BCUT2D eigenvalue weighted by molar-refractivity contribution is 0.716. The predicted octanol–water partition coefficient (Wildman–Crippen LogP) is 2.13. The molecule has 0 saturated heterocycles. The summed E-state index contributed by atoms with van der Waals surface area (Å²) in [6.45, 7) is 3.79. The van der Waals surface area contributed by atoms with Crippen LogP contribution in [0.1, 0.15) is 12.5 Å². The zero-order chi connectivity index (χ0) is 13.8. The molecule has 1 aromatic carbocycles. The van der Waals surface area contributed by atoms with Gasteiger partial charge in [-0.2, -0.15) is 0 Å². The van der Waals surface area contributed by atoms with Gasteiger partial charge in [0.15, 0.2) is 5.16 Å². The summed E-state index contributed by atoms with van der Waals surface area (Å²) >= 11 is 4.95. The molecule has 0 aliphatic heterocycles. The van der Waals surface area contributed by atoms with E-state index in [4.69, 9.17) is 0 Å². The first-order chi connectivity index (χ1) is 9.11. The zero-order valence-electron chi connectivity index (χ0n) is 10.7. The van der Waals surface area contributed by atoms with Crippen molar-refractivity contribution in [1.82, 2.24) is 20.1 Å². The molecule has 1 heterocycles. The molecule has 0 atom stereocenters. The second-order valence-electron chi connectivity index (χ2n) is 4.00. The van der Waals surface area contributed by atoms with Gasteiger partial charge in [-0.1, -0.05) is 28.9 Å². The van der Waals surface area contributed by atoms with E-state index >= 15 is 0 Å². The molecule has 0 unspecified atom stereocenters. The molecule has 2 N–H and O–H groups in total. The monoisotopic (exact) mass is 342 g/mol. The fraction of sp³-hybridized carbons (Fsp3) is 0.333. The number of nitrogens with one attached hydrogen (secondary N) is 2. The Hall–Kier alpha value is -1.05. The molecule has 102 valence electrons. The molecule has 7 heteroatoms. The van der Waals surface area contributed by atoms with Crippen molar-refractivity contribution in [3.63, 3.8) is 0 Å². The Morgan fingerprint density at radius 2 is 2.32 bits per heavy atom. The molecular formula is C12H15BrN4OS. The third-order valence-electron chi connectivity index (χ3n) is 2.63. The van der Waals surface area contributed by atoms with Crippen LogP contribution in [-0.4, -0.2) is 21.3 Å². The summed E-state index contributed by atoms with van der Waals surface area (Å²) in [6, 6.07) is 6.12. The van der Waals surface area contributed by atoms with Crippen molar-refractivity contribution in [2.75, 3.05) is 6.54 Å². The average molecular weight is 343 g/mol. The van der Waals surface area contributed by atoms with Gasteiger partial charge < -0.3 is 5.32 Å². The van der Waals surface area contributed by atoms with E-state index in [0.29, 0.717) is 5.16 Å². The van der Waals surface area contributed by atoms with Crippen LogP contribution in [0.25, 0.3) is 0 Å². The molecule has 19 heavy (non-hydrogen) atoms. The van der Waals surface area contributed by atoms with Crippen molar-refractivity contribution >= 4 is 27.7 Å². The average Bonchev–Trinajstić information content (AvgIpc) is 2.70. The maximum Gasteiger partial charge on any atom is 0.343 e. The van der Waals surface area contributed by atoms with Crippen molar-refractivity contribution in [1.29, 1.82) is 0 Å². The maximum atomic E-state index is 11.4. The van der Waals surface area contributed by atoms with Crippen LogP contribution in [0.2, 0.25) is 0 Å². The highest BCUT2D eigenvalue weighted by Crippen LogP contribution is 2.30. The van der Waals surface area contributed by atoms with Gasteiger partial charge in [-0.3, -0.25) is 4.57 Å². The van der Waals surface area contributed by atoms with Gasteiger partial charge in [0.1, 0.15) is 0 Å². The summed E-state index contributed by atoms with van der Waals surface area (Å²) in [5, 5.41) is 10.4. The summed E-state index contributed by atoms with van der Waals surface area (Å²) in [5.41, 5.74) is 0.983. The van der Waals surface area contributed by atoms with E-state index in [1.54, 1.807) is 7.05 Å². The summed E-state index contributed by atoms with van der Waals surface area (Å²) < 4.78 is 2.51. The standard InChI is InChI=1S/C12H15BrN4OS/c1-3-14-7-8-4-5-9(13)6-10(8)19-12-16-15-11(18)17(12)2/h4-6,14H,3,7H2,1-2H3,(H,15,18). The minimum Gasteiger partial charge on any atom is -0.313 e. The number of rotatable bonds is 5. The fourth-order valence-corrected chi connectivity index (χ4v) is 3.03. The van der Waals surface area contributed by atoms with E-state index < -0.39 is 0 Å². The molecule has 0 fully saturated rings. The molecule has 0 aliphatic rings. The van der Waals surface area contributed by atoms with Gasteiger partial charge in [0.25, 0.3) is 0 Å². The highest BCUT2D eigenvalue weighted by atomic mass is 79.9. The number of hydrogen-bond acceptors (Lipinski definition) is 4. The number of halogens is 1. The van der Waals surface area contributed by atoms with E-state index in [0.717, 1.165) is 22.5 Å². The van der Waals surface area contributed by atoms with Crippen LogP contribution in [0.15, 0.2) is 37.5 Å². The van der Waals surface area contributed by atoms with Gasteiger partial charge >= 0.3 is 5.69 Å². The van der Waals surface area contributed by atoms with Gasteiger partial charge in [0.05, 0.1) is 0 Å². The first kappa shape index (κ1) is 14.4. The molecule has 5 nitrogen and oxygen atoms in total. The minimum atomic E-state index is -0.203. The lowest BCUT2D eigenvalue weighted by Crippen LogP contribution is -2.13. The highest BCUT2D eigenvalue weighted by molar-refractivity contribution is 9.10. The van der Waals surface area contributed by atoms with Gasteiger partial charge in [0, 0.05) is 23.0 Å². The lowest BCUT2D eigenvalue weighted by Gasteiger charge is -2.09. The number of aromatic amines is 1. The summed E-state index contributed by atoms with van der Waals surface area (Å²) in [4.78, 5) is 12.4. The lowest BCUT2D eigenvalue weighted by atomic mass is 10.2. The van der Waals surface area contributed by atoms with Crippen molar-refractivity contribution in [3.05, 3.63) is 38.7 Å². The fourth-order valence-electron chi connectivity index (χ4n) is 1.55. The Balaban J connectivity index is 2.29. The van der Waals surface area contributed by atoms with Crippen LogP contribution in [0.4, 0.5) is 0 Å².